The van der Waals surface area contributed by atoms with Crippen molar-refractivity contribution in [2.75, 3.05) is 13.7 Å². The molecule has 2 rings (SSSR count). The number of ether oxygens (including phenoxy) is 1. The third-order valence-electron chi connectivity index (χ3n) is 3.34. The van der Waals surface area contributed by atoms with E-state index in [1.165, 1.54) is 25.5 Å². The third kappa shape index (κ3) is 3.54. The molecule has 0 amide bonds. The molecule has 1 aliphatic rings. The van der Waals surface area contributed by atoms with Crippen LogP contribution in [0.25, 0.3) is 0 Å². The van der Waals surface area contributed by atoms with E-state index in [0.29, 0.717) is 12.5 Å². The average molecular weight is 253 g/mol. The highest BCUT2D eigenvalue weighted by Crippen LogP contribution is 2.22. The quantitative estimate of drug-likeness (QED) is 0.773. The number of nitrogens with zero attached hydrogens (tertiary/aromatic N) is 1. The van der Waals surface area contributed by atoms with E-state index in [9.17, 15) is 4.79 Å². The van der Waals surface area contributed by atoms with Crippen LogP contribution in [0.15, 0.2) is 16.8 Å². The number of esters is 1. The highest BCUT2D eigenvalue weighted by Gasteiger charge is 2.25. The lowest BCUT2D eigenvalue weighted by Gasteiger charge is -2.34. The number of thiophene rings is 1. The van der Waals surface area contributed by atoms with E-state index >= 15 is 0 Å². The lowest BCUT2D eigenvalue weighted by molar-refractivity contribution is -0.142. The third-order valence-corrected chi connectivity index (χ3v) is 4.08. The number of piperidine rings is 1. The largest absolute Gasteiger partial charge is 0.469 e. The summed E-state index contributed by atoms with van der Waals surface area (Å²) in [6, 6.07) is 2.52. The van der Waals surface area contributed by atoms with Gasteiger partial charge in [0.1, 0.15) is 0 Å². The van der Waals surface area contributed by atoms with Crippen molar-refractivity contribution in [2.45, 2.75) is 38.3 Å². The molecule has 17 heavy (non-hydrogen) atoms. The molecule has 0 aromatic carbocycles. The maximum absolute atomic E-state index is 11.4. The smallest absolute Gasteiger partial charge is 0.307 e. The predicted molar refractivity (Wildman–Crippen MR) is 69.0 cm³/mol. The molecule has 1 saturated heterocycles. The highest BCUT2D eigenvalue weighted by atomic mass is 32.1. The second-order valence-corrected chi connectivity index (χ2v) is 5.31. The van der Waals surface area contributed by atoms with Crippen LogP contribution in [0, 0.1) is 0 Å². The van der Waals surface area contributed by atoms with Crippen molar-refractivity contribution in [2.24, 2.45) is 0 Å². The first-order valence-electron chi connectivity index (χ1n) is 6.11. The molecule has 0 spiro atoms. The number of methoxy groups -OCH3 is 1. The molecule has 1 atom stereocenters. The number of carbonyl (C=O) groups excluding carboxylic acids is 1. The zero-order valence-corrected chi connectivity index (χ0v) is 11.0. The van der Waals surface area contributed by atoms with Crippen LogP contribution in [-0.2, 0) is 16.1 Å². The molecule has 0 saturated carbocycles. The summed E-state index contributed by atoms with van der Waals surface area (Å²) in [7, 11) is 1.47. The van der Waals surface area contributed by atoms with Crippen molar-refractivity contribution in [3.63, 3.8) is 0 Å². The summed E-state index contributed by atoms with van der Waals surface area (Å²) < 4.78 is 4.77. The Kier molecular flexibility index (Phi) is 4.57. The van der Waals surface area contributed by atoms with Crippen molar-refractivity contribution < 1.29 is 9.53 Å². The van der Waals surface area contributed by atoms with Crippen molar-refractivity contribution >= 4 is 17.3 Å². The van der Waals surface area contributed by atoms with Crippen LogP contribution in [-0.4, -0.2) is 30.6 Å². The van der Waals surface area contributed by atoms with Gasteiger partial charge in [-0.1, -0.05) is 6.42 Å². The Morgan fingerprint density at radius 3 is 3.18 bits per heavy atom. The molecule has 0 bridgehead atoms. The fourth-order valence-corrected chi connectivity index (χ4v) is 3.05. The van der Waals surface area contributed by atoms with Gasteiger partial charge in [-0.25, -0.2) is 0 Å². The second kappa shape index (κ2) is 6.17. The molecule has 1 aromatic rings. The summed E-state index contributed by atoms with van der Waals surface area (Å²) in [6.07, 6.45) is 4.10. The molecule has 1 unspecified atom stereocenters. The summed E-state index contributed by atoms with van der Waals surface area (Å²) in [5.74, 6) is -0.0905. The first-order chi connectivity index (χ1) is 8.29. The first-order valence-corrected chi connectivity index (χ1v) is 7.06. The van der Waals surface area contributed by atoms with Gasteiger partial charge in [-0.05, 0) is 41.8 Å². The average Bonchev–Trinajstić information content (AvgIpc) is 2.84. The van der Waals surface area contributed by atoms with Crippen LogP contribution < -0.4 is 0 Å². The first kappa shape index (κ1) is 12.6. The van der Waals surface area contributed by atoms with Crippen LogP contribution in [0.5, 0.6) is 0 Å². The van der Waals surface area contributed by atoms with Crippen molar-refractivity contribution in [3.05, 3.63) is 22.4 Å². The van der Waals surface area contributed by atoms with E-state index in [0.717, 1.165) is 19.5 Å². The molecule has 4 heteroatoms. The van der Waals surface area contributed by atoms with Gasteiger partial charge in [-0.15, -0.1) is 0 Å². The monoisotopic (exact) mass is 253 g/mol. The standard InChI is InChI=1S/C13H19NO2S/c1-16-13(15)8-12-4-2-3-6-14(12)9-11-5-7-17-10-11/h5,7,10,12H,2-4,6,8-9H2,1H3. The Balaban J connectivity index is 1.94. The molecule has 0 N–H and O–H groups in total. The molecule has 2 heterocycles. The van der Waals surface area contributed by atoms with Gasteiger partial charge in [0.2, 0.25) is 0 Å². The van der Waals surface area contributed by atoms with E-state index in [2.05, 4.69) is 21.7 Å². The Morgan fingerprint density at radius 1 is 1.59 bits per heavy atom. The van der Waals surface area contributed by atoms with Gasteiger partial charge < -0.3 is 4.74 Å². The maximum Gasteiger partial charge on any atom is 0.307 e. The van der Waals surface area contributed by atoms with Crippen LogP contribution in [0.4, 0.5) is 0 Å². The molecule has 0 radical (unpaired) electrons. The van der Waals surface area contributed by atoms with Gasteiger partial charge in [-0.2, -0.15) is 11.3 Å². The second-order valence-electron chi connectivity index (χ2n) is 4.53. The van der Waals surface area contributed by atoms with Crippen LogP contribution >= 0.6 is 11.3 Å². The number of hydrogen-bond acceptors (Lipinski definition) is 4. The van der Waals surface area contributed by atoms with Gasteiger partial charge in [0.05, 0.1) is 13.5 Å². The molecule has 3 nitrogen and oxygen atoms in total. The Bertz CT molecular complexity index is 350. The molecule has 94 valence electrons. The Labute approximate surface area is 106 Å². The zero-order valence-electron chi connectivity index (χ0n) is 10.2. The summed E-state index contributed by atoms with van der Waals surface area (Å²) in [6.45, 7) is 2.06. The summed E-state index contributed by atoms with van der Waals surface area (Å²) in [5, 5.41) is 4.29. The van der Waals surface area contributed by atoms with Crippen LogP contribution in [0.1, 0.15) is 31.2 Å². The van der Waals surface area contributed by atoms with Crippen molar-refractivity contribution in [1.82, 2.24) is 4.90 Å². The highest BCUT2D eigenvalue weighted by molar-refractivity contribution is 7.07. The molecular weight excluding hydrogens is 234 g/mol. The van der Waals surface area contributed by atoms with Crippen molar-refractivity contribution in [3.8, 4) is 0 Å². The van der Waals surface area contributed by atoms with Gasteiger partial charge in [0.25, 0.3) is 0 Å². The summed E-state index contributed by atoms with van der Waals surface area (Å²) in [5.41, 5.74) is 1.35. The van der Waals surface area contributed by atoms with Crippen LogP contribution in [0.2, 0.25) is 0 Å². The predicted octanol–water partition coefficient (Wildman–Crippen LogP) is 2.67. The minimum atomic E-state index is -0.0905. The molecule has 1 fully saturated rings. The summed E-state index contributed by atoms with van der Waals surface area (Å²) in [4.78, 5) is 13.8. The van der Waals surface area contributed by atoms with Gasteiger partial charge in [0.15, 0.2) is 0 Å². The number of carbonyl (C=O) groups is 1. The van der Waals surface area contributed by atoms with Gasteiger partial charge in [-0.3, -0.25) is 9.69 Å². The number of likely N-dealkylation sites (tertiary alicyclic amines) is 1. The Hall–Kier alpha value is -0.870. The number of hydrogen-bond donors (Lipinski definition) is 0. The van der Waals surface area contributed by atoms with E-state index < -0.39 is 0 Å². The maximum atomic E-state index is 11.4. The molecular formula is C13H19NO2S. The molecule has 1 aliphatic heterocycles. The van der Waals surface area contributed by atoms with Crippen molar-refractivity contribution in [1.29, 1.82) is 0 Å². The minimum absolute atomic E-state index is 0.0905. The summed E-state index contributed by atoms with van der Waals surface area (Å²) >= 11 is 1.73. The van der Waals surface area contributed by atoms with E-state index in [1.807, 2.05) is 0 Å². The van der Waals surface area contributed by atoms with E-state index in [4.69, 9.17) is 4.74 Å². The SMILES string of the molecule is COC(=O)CC1CCCCN1Cc1ccsc1. The molecule has 0 aliphatic carbocycles. The zero-order chi connectivity index (χ0) is 12.1. The lowest BCUT2D eigenvalue weighted by atomic mass is 9.99. The fraction of sp³-hybridized carbons (Fsp3) is 0.615. The lowest BCUT2D eigenvalue weighted by Crippen LogP contribution is -2.40. The van der Waals surface area contributed by atoms with E-state index in [-0.39, 0.29) is 5.97 Å². The Morgan fingerprint density at radius 2 is 2.47 bits per heavy atom. The van der Waals surface area contributed by atoms with Crippen LogP contribution in [0.3, 0.4) is 0 Å². The fourth-order valence-electron chi connectivity index (χ4n) is 2.39. The van der Waals surface area contributed by atoms with E-state index in [1.54, 1.807) is 11.3 Å². The normalized spacial score (nSPS) is 21.4. The van der Waals surface area contributed by atoms with Gasteiger partial charge in [0, 0.05) is 12.6 Å². The number of rotatable bonds is 4. The topological polar surface area (TPSA) is 29.5 Å². The van der Waals surface area contributed by atoms with Gasteiger partial charge >= 0.3 is 5.97 Å². The molecule has 1 aromatic heterocycles. The minimum Gasteiger partial charge on any atom is -0.469 e.